The summed E-state index contributed by atoms with van der Waals surface area (Å²) in [5.74, 6) is -0.348. The first-order valence-corrected chi connectivity index (χ1v) is 8.37. The zero-order chi connectivity index (χ0) is 18.1. The van der Waals surface area contributed by atoms with E-state index in [1.165, 1.54) is 13.2 Å². The van der Waals surface area contributed by atoms with E-state index < -0.39 is 0 Å². The van der Waals surface area contributed by atoms with E-state index in [4.69, 9.17) is 4.74 Å². The molecule has 0 aromatic heterocycles. The average molecular weight is 343 g/mol. The van der Waals surface area contributed by atoms with Crippen LogP contribution in [0, 0.1) is 0 Å². The second-order valence-corrected chi connectivity index (χ2v) is 5.76. The lowest BCUT2D eigenvalue weighted by molar-refractivity contribution is -0.142. The van der Waals surface area contributed by atoms with Crippen LogP contribution in [0.1, 0.15) is 6.92 Å². The van der Waals surface area contributed by atoms with Crippen LogP contribution in [0.25, 0.3) is 0 Å². The molecule has 25 heavy (non-hydrogen) atoms. The SMILES string of the molecule is C/C=C/C=C\C(=O)Nc1ccc(N2CCN(CC(=O)OC)CC2)cc1. The van der Waals surface area contributed by atoms with E-state index in [0.29, 0.717) is 6.54 Å². The molecule has 0 saturated carbocycles. The maximum atomic E-state index is 11.7. The van der Waals surface area contributed by atoms with E-state index in [9.17, 15) is 9.59 Å². The fourth-order valence-electron chi connectivity index (χ4n) is 2.60. The zero-order valence-electron chi connectivity index (χ0n) is 14.8. The van der Waals surface area contributed by atoms with Crippen LogP contribution in [0.2, 0.25) is 0 Å². The Morgan fingerprint density at radius 3 is 2.40 bits per heavy atom. The topological polar surface area (TPSA) is 61.9 Å². The molecule has 0 aliphatic carbocycles. The lowest BCUT2D eigenvalue weighted by Crippen LogP contribution is -2.48. The van der Waals surface area contributed by atoms with Crippen LogP contribution in [0.4, 0.5) is 11.4 Å². The van der Waals surface area contributed by atoms with Crippen LogP contribution in [-0.4, -0.2) is 56.6 Å². The number of piperazine rings is 1. The normalized spacial score (nSPS) is 15.7. The summed E-state index contributed by atoms with van der Waals surface area (Å²) in [6, 6.07) is 7.80. The number of benzene rings is 1. The Bertz CT molecular complexity index is 630. The predicted molar refractivity (Wildman–Crippen MR) is 99.7 cm³/mol. The summed E-state index contributed by atoms with van der Waals surface area (Å²) in [6.45, 7) is 5.60. The van der Waals surface area contributed by atoms with Crippen molar-refractivity contribution in [3.63, 3.8) is 0 Å². The minimum atomic E-state index is -0.197. The molecule has 1 aliphatic rings. The third-order valence-electron chi connectivity index (χ3n) is 4.00. The number of carbonyl (C=O) groups excluding carboxylic acids is 2. The van der Waals surface area contributed by atoms with Gasteiger partial charge in [0, 0.05) is 43.6 Å². The van der Waals surface area contributed by atoms with Crippen molar-refractivity contribution in [2.75, 3.05) is 50.1 Å². The fourth-order valence-corrected chi connectivity index (χ4v) is 2.60. The number of anilines is 2. The molecule has 1 N–H and O–H groups in total. The van der Waals surface area contributed by atoms with E-state index >= 15 is 0 Å². The number of hydrogen-bond donors (Lipinski definition) is 1. The second-order valence-electron chi connectivity index (χ2n) is 5.76. The number of ether oxygens (including phenoxy) is 1. The quantitative estimate of drug-likeness (QED) is 0.487. The van der Waals surface area contributed by atoms with Crippen LogP contribution in [0.3, 0.4) is 0 Å². The van der Waals surface area contributed by atoms with Gasteiger partial charge in [0.1, 0.15) is 0 Å². The van der Waals surface area contributed by atoms with Crippen molar-refractivity contribution in [3.8, 4) is 0 Å². The van der Waals surface area contributed by atoms with Gasteiger partial charge in [-0.05, 0) is 31.2 Å². The molecule has 0 radical (unpaired) electrons. The van der Waals surface area contributed by atoms with E-state index in [1.54, 1.807) is 6.08 Å². The summed E-state index contributed by atoms with van der Waals surface area (Å²) in [6.07, 6.45) is 6.87. The van der Waals surface area contributed by atoms with Gasteiger partial charge in [0.05, 0.1) is 13.7 Å². The molecule has 0 unspecified atom stereocenters. The van der Waals surface area contributed by atoms with Crippen molar-refractivity contribution in [1.29, 1.82) is 0 Å². The van der Waals surface area contributed by atoms with Crippen molar-refractivity contribution < 1.29 is 14.3 Å². The van der Waals surface area contributed by atoms with Gasteiger partial charge in [0.25, 0.3) is 0 Å². The molecule has 6 heteroatoms. The fraction of sp³-hybridized carbons (Fsp3) is 0.368. The molecular weight excluding hydrogens is 318 g/mol. The van der Waals surface area contributed by atoms with Gasteiger partial charge in [-0.3, -0.25) is 14.5 Å². The third kappa shape index (κ3) is 6.08. The first-order chi connectivity index (χ1) is 12.1. The molecule has 1 aliphatic heterocycles. The molecule has 0 spiro atoms. The van der Waals surface area contributed by atoms with Crippen LogP contribution in [0.15, 0.2) is 48.6 Å². The average Bonchev–Trinajstić information content (AvgIpc) is 2.63. The summed E-state index contributed by atoms with van der Waals surface area (Å²) in [4.78, 5) is 27.4. The van der Waals surface area contributed by atoms with E-state index in [0.717, 1.165) is 37.6 Å². The minimum Gasteiger partial charge on any atom is -0.468 e. The number of carbonyl (C=O) groups is 2. The summed E-state index contributed by atoms with van der Waals surface area (Å²) in [7, 11) is 1.41. The Labute approximate surface area is 148 Å². The largest absolute Gasteiger partial charge is 0.468 e. The molecular formula is C19H25N3O3. The third-order valence-corrected chi connectivity index (χ3v) is 4.00. The van der Waals surface area contributed by atoms with Gasteiger partial charge in [-0.15, -0.1) is 0 Å². The van der Waals surface area contributed by atoms with E-state index in [2.05, 4.69) is 15.1 Å². The van der Waals surface area contributed by atoms with Gasteiger partial charge >= 0.3 is 5.97 Å². The Hall–Kier alpha value is -2.60. The summed E-state index contributed by atoms with van der Waals surface area (Å²) >= 11 is 0. The number of esters is 1. The molecule has 0 atom stereocenters. The predicted octanol–water partition coefficient (Wildman–Crippen LogP) is 2.05. The standard InChI is InChI=1S/C19H25N3O3/c1-3-4-5-6-18(23)20-16-7-9-17(10-8-16)22-13-11-21(12-14-22)15-19(24)25-2/h3-10H,11-15H2,1-2H3,(H,20,23)/b4-3+,6-5-. The smallest absolute Gasteiger partial charge is 0.319 e. The monoisotopic (exact) mass is 343 g/mol. The van der Waals surface area contributed by atoms with Crippen molar-refractivity contribution in [2.45, 2.75) is 6.92 Å². The molecule has 1 aromatic rings. The van der Waals surface area contributed by atoms with Gasteiger partial charge < -0.3 is 15.0 Å². The highest BCUT2D eigenvalue weighted by Crippen LogP contribution is 2.19. The van der Waals surface area contributed by atoms with Gasteiger partial charge in [0.2, 0.25) is 5.91 Å². The van der Waals surface area contributed by atoms with E-state index in [-0.39, 0.29) is 11.9 Å². The van der Waals surface area contributed by atoms with Crippen LogP contribution < -0.4 is 10.2 Å². The number of amides is 1. The van der Waals surface area contributed by atoms with Crippen molar-refractivity contribution in [3.05, 3.63) is 48.6 Å². The highest BCUT2D eigenvalue weighted by Gasteiger charge is 2.19. The first kappa shape index (κ1) is 18.7. The maximum absolute atomic E-state index is 11.7. The molecule has 2 rings (SSSR count). The number of nitrogens with one attached hydrogen (secondary N) is 1. The second kappa shape index (κ2) is 9.64. The summed E-state index contributed by atoms with van der Waals surface area (Å²) in [5.41, 5.74) is 1.88. The lowest BCUT2D eigenvalue weighted by atomic mass is 10.2. The number of nitrogens with zero attached hydrogens (tertiary/aromatic N) is 2. The van der Waals surface area contributed by atoms with Gasteiger partial charge in [-0.2, -0.15) is 0 Å². The molecule has 1 heterocycles. The molecule has 1 fully saturated rings. The summed E-state index contributed by atoms with van der Waals surface area (Å²) < 4.78 is 4.70. The lowest BCUT2D eigenvalue weighted by Gasteiger charge is -2.35. The Balaban J connectivity index is 1.84. The minimum absolute atomic E-state index is 0.151. The van der Waals surface area contributed by atoms with Crippen molar-refractivity contribution in [1.82, 2.24) is 4.90 Å². The Morgan fingerprint density at radius 1 is 1.12 bits per heavy atom. The van der Waals surface area contributed by atoms with Gasteiger partial charge in [-0.25, -0.2) is 0 Å². The van der Waals surface area contributed by atoms with Crippen molar-refractivity contribution >= 4 is 23.3 Å². The van der Waals surface area contributed by atoms with Gasteiger partial charge in [-0.1, -0.05) is 18.2 Å². The van der Waals surface area contributed by atoms with Crippen LogP contribution >= 0.6 is 0 Å². The highest BCUT2D eigenvalue weighted by molar-refractivity contribution is 5.99. The molecule has 6 nitrogen and oxygen atoms in total. The molecule has 0 bridgehead atoms. The zero-order valence-corrected chi connectivity index (χ0v) is 14.8. The number of allylic oxidation sites excluding steroid dienone is 3. The molecule has 1 saturated heterocycles. The highest BCUT2D eigenvalue weighted by atomic mass is 16.5. The molecule has 134 valence electrons. The summed E-state index contributed by atoms with van der Waals surface area (Å²) in [5, 5.41) is 2.83. The van der Waals surface area contributed by atoms with Gasteiger partial charge in [0.15, 0.2) is 0 Å². The van der Waals surface area contributed by atoms with Crippen LogP contribution in [0.5, 0.6) is 0 Å². The van der Waals surface area contributed by atoms with Crippen LogP contribution in [-0.2, 0) is 14.3 Å². The number of rotatable bonds is 6. The van der Waals surface area contributed by atoms with Crippen molar-refractivity contribution in [2.24, 2.45) is 0 Å². The Morgan fingerprint density at radius 2 is 1.80 bits per heavy atom. The number of methoxy groups -OCH3 is 1. The molecule has 1 amide bonds. The van der Waals surface area contributed by atoms with E-state index in [1.807, 2.05) is 43.3 Å². The maximum Gasteiger partial charge on any atom is 0.319 e. The Kier molecular flexibility index (Phi) is 7.22. The molecule has 1 aromatic carbocycles. The number of hydrogen-bond acceptors (Lipinski definition) is 5. The first-order valence-electron chi connectivity index (χ1n) is 8.37.